The number of rotatable bonds is 5. The van der Waals surface area contributed by atoms with E-state index in [0.29, 0.717) is 11.6 Å². The number of aliphatic carboxylic acids is 1. The van der Waals surface area contributed by atoms with E-state index in [1.54, 1.807) is 13.8 Å². The fraction of sp³-hybridized carbons (Fsp3) is 0.500. The molecule has 5 nitrogen and oxygen atoms in total. The maximum absolute atomic E-state index is 12.5. The molecule has 2 unspecified atom stereocenters. The third-order valence-electron chi connectivity index (χ3n) is 4.63. The van der Waals surface area contributed by atoms with E-state index >= 15 is 0 Å². The molecule has 1 aliphatic rings. The molecular formula is C16H19Cl2NO4. The first-order valence-electron chi connectivity index (χ1n) is 7.28. The number of carbonyl (C=O) groups is 2. The van der Waals surface area contributed by atoms with Crippen molar-refractivity contribution >= 4 is 35.1 Å². The van der Waals surface area contributed by atoms with Gasteiger partial charge in [-0.05, 0) is 25.1 Å². The average molecular weight is 360 g/mol. The fourth-order valence-electron chi connectivity index (χ4n) is 2.97. The van der Waals surface area contributed by atoms with Crippen molar-refractivity contribution in [2.45, 2.75) is 38.8 Å². The largest absolute Gasteiger partial charge is 0.479 e. The number of benzene rings is 1. The maximum atomic E-state index is 12.5. The molecule has 1 aromatic carbocycles. The van der Waals surface area contributed by atoms with Crippen molar-refractivity contribution in [1.29, 1.82) is 0 Å². The Balaban J connectivity index is 2.28. The highest BCUT2D eigenvalue weighted by Gasteiger charge is 2.66. The molecule has 1 aromatic rings. The predicted molar refractivity (Wildman–Crippen MR) is 88.1 cm³/mol. The Kier molecular flexibility index (Phi) is 4.95. The molecule has 0 bridgehead atoms. The molecule has 126 valence electrons. The lowest BCUT2D eigenvalue weighted by atomic mass is 9.54. The second-order valence-corrected chi connectivity index (χ2v) is 7.00. The first kappa shape index (κ1) is 18.0. The number of halogens is 2. The van der Waals surface area contributed by atoms with Crippen LogP contribution in [-0.4, -0.2) is 35.2 Å². The zero-order valence-electron chi connectivity index (χ0n) is 13.2. The Morgan fingerprint density at radius 3 is 2.52 bits per heavy atom. The fourth-order valence-corrected chi connectivity index (χ4v) is 3.47. The van der Waals surface area contributed by atoms with Gasteiger partial charge < -0.3 is 15.2 Å². The predicted octanol–water partition coefficient (Wildman–Crippen LogP) is 3.38. The van der Waals surface area contributed by atoms with Crippen LogP contribution in [0.2, 0.25) is 10.0 Å². The number of amides is 1. The molecule has 0 aliphatic heterocycles. The second-order valence-electron chi connectivity index (χ2n) is 6.16. The van der Waals surface area contributed by atoms with E-state index < -0.39 is 22.8 Å². The summed E-state index contributed by atoms with van der Waals surface area (Å²) in [5, 5.41) is 12.9. The van der Waals surface area contributed by atoms with Crippen molar-refractivity contribution in [3.63, 3.8) is 0 Å². The second kappa shape index (κ2) is 6.30. The van der Waals surface area contributed by atoms with Gasteiger partial charge in [0.1, 0.15) is 5.54 Å². The molecule has 0 saturated heterocycles. The van der Waals surface area contributed by atoms with Crippen LogP contribution in [0.1, 0.15) is 37.6 Å². The van der Waals surface area contributed by atoms with Crippen LogP contribution in [-0.2, 0) is 9.53 Å². The molecule has 7 heteroatoms. The molecule has 0 radical (unpaired) electrons. The summed E-state index contributed by atoms with van der Waals surface area (Å²) in [6.45, 7) is 5.88. The Hall–Kier alpha value is -1.30. The number of carboxylic acid groups (broad SMARTS) is 1. The number of ether oxygens (including phenoxy) is 1. The number of nitrogens with one attached hydrogen (secondary N) is 1. The molecule has 1 aliphatic carbocycles. The van der Waals surface area contributed by atoms with Gasteiger partial charge in [0.15, 0.2) is 0 Å². The van der Waals surface area contributed by atoms with Gasteiger partial charge >= 0.3 is 5.97 Å². The van der Waals surface area contributed by atoms with Crippen molar-refractivity contribution in [2.75, 3.05) is 6.61 Å². The number of carboxylic acids is 1. The molecule has 2 rings (SSSR count). The van der Waals surface area contributed by atoms with Crippen LogP contribution in [0, 0.1) is 5.41 Å². The Morgan fingerprint density at radius 1 is 1.39 bits per heavy atom. The van der Waals surface area contributed by atoms with E-state index in [4.69, 9.17) is 27.9 Å². The topological polar surface area (TPSA) is 75.6 Å². The average Bonchev–Trinajstić information content (AvgIpc) is 2.45. The molecule has 1 saturated carbocycles. The summed E-state index contributed by atoms with van der Waals surface area (Å²) in [5.41, 5.74) is -1.96. The van der Waals surface area contributed by atoms with E-state index in [-0.39, 0.29) is 23.1 Å². The van der Waals surface area contributed by atoms with Gasteiger partial charge in [-0.3, -0.25) is 4.79 Å². The summed E-state index contributed by atoms with van der Waals surface area (Å²) in [7, 11) is 0. The van der Waals surface area contributed by atoms with E-state index in [1.165, 1.54) is 18.2 Å². The Labute approximate surface area is 144 Å². The van der Waals surface area contributed by atoms with Gasteiger partial charge in [-0.25, -0.2) is 4.79 Å². The van der Waals surface area contributed by atoms with Gasteiger partial charge in [0, 0.05) is 23.5 Å². The van der Waals surface area contributed by atoms with Gasteiger partial charge in [0.05, 0.1) is 16.7 Å². The van der Waals surface area contributed by atoms with Crippen molar-refractivity contribution in [3.05, 3.63) is 33.8 Å². The zero-order valence-corrected chi connectivity index (χ0v) is 14.7. The Bertz CT molecular complexity index is 647. The van der Waals surface area contributed by atoms with Gasteiger partial charge in [-0.2, -0.15) is 0 Å². The summed E-state index contributed by atoms with van der Waals surface area (Å²) in [6.07, 6.45) is -0.0234. The monoisotopic (exact) mass is 359 g/mol. The molecule has 1 amide bonds. The van der Waals surface area contributed by atoms with Crippen LogP contribution in [0.15, 0.2) is 18.2 Å². The summed E-state index contributed by atoms with van der Waals surface area (Å²) in [4.78, 5) is 24.3. The lowest BCUT2D eigenvalue weighted by molar-refractivity contribution is -0.190. The highest BCUT2D eigenvalue weighted by Crippen LogP contribution is 2.51. The molecular weight excluding hydrogens is 341 g/mol. The SMILES string of the molecule is CCOC1CC(NC(=O)c2ccc(Cl)cc2Cl)(C(=O)O)C1(C)C. The van der Waals surface area contributed by atoms with Crippen LogP contribution < -0.4 is 5.32 Å². The molecule has 0 spiro atoms. The third kappa shape index (κ3) is 2.93. The van der Waals surface area contributed by atoms with Crippen LogP contribution in [0.25, 0.3) is 0 Å². The third-order valence-corrected chi connectivity index (χ3v) is 5.18. The summed E-state index contributed by atoms with van der Waals surface area (Å²) in [5.74, 6) is -1.63. The first-order chi connectivity index (χ1) is 10.7. The molecule has 0 heterocycles. The Morgan fingerprint density at radius 2 is 2.04 bits per heavy atom. The van der Waals surface area contributed by atoms with Gasteiger partial charge in [-0.1, -0.05) is 37.0 Å². The maximum Gasteiger partial charge on any atom is 0.330 e. The molecule has 2 N–H and O–H groups in total. The standard InChI is InChI=1S/C16H19Cl2NO4/c1-4-23-12-8-16(14(21)22,15(12,2)3)19-13(20)10-6-5-9(17)7-11(10)18/h5-7,12H,4,8H2,1-3H3,(H,19,20)(H,21,22). The van der Waals surface area contributed by atoms with E-state index in [9.17, 15) is 14.7 Å². The highest BCUT2D eigenvalue weighted by molar-refractivity contribution is 6.36. The van der Waals surface area contributed by atoms with Crippen LogP contribution in [0.3, 0.4) is 0 Å². The van der Waals surface area contributed by atoms with Crippen LogP contribution in [0.4, 0.5) is 0 Å². The van der Waals surface area contributed by atoms with Crippen molar-refractivity contribution in [1.82, 2.24) is 5.32 Å². The van der Waals surface area contributed by atoms with Crippen molar-refractivity contribution in [3.8, 4) is 0 Å². The summed E-state index contributed by atoms with van der Waals surface area (Å²) in [6, 6.07) is 4.45. The minimum absolute atomic E-state index is 0.175. The van der Waals surface area contributed by atoms with Crippen molar-refractivity contribution in [2.24, 2.45) is 5.41 Å². The lowest BCUT2D eigenvalue weighted by Crippen LogP contribution is -2.76. The van der Waals surface area contributed by atoms with Crippen molar-refractivity contribution < 1.29 is 19.4 Å². The molecule has 2 atom stereocenters. The smallest absolute Gasteiger partial charge is 0.330 e. The number of carbonyl (C=O) groups excluding carboxylic acids is 1. The summed E-state index contributed by atoms with van der Waals surface area (Å²) < 4.78 is 5.57. The lowest BCUT2D eigenvalue weighted by Gasteiger charge is -2.58. The molecule has 0 aromatic heterocycles. The first-order valence-corrected chi connectivity index (χ1v) is 8.04. The van der Waals surface area contributed by atoms with E-state index in [0.717, 1.165) is 0 Å². The zero-order chi connectivity index (χ0) is 17.4. The van der Waals surface area contributed by atoms with Crippen LogP contribution in [0.5, 0.6) is 0 Å². The highest BCUT2D eigenvalue weighted by atomic mass is 35.5. The van der Waals surface area contributed by atoms with E-state index in [1.807, 2.05) is 6.92 Å². The quantitative estimate of drug-likeness (QED) is 0.844. The van der Waals surface area contributed by atoms with Gasteiger partial charge in [0.2, 0.25) is 0 Å². The van der Waals surface area contributed by atoms with Crippen LogP contribution >= 0.6 is 23.2 Å². The minimum atomic E-state index is -1.40. The van der Waals surface area contributed by atoms with Gasteiger partial charge in [0.25, 0.3) is 5.91 Å². The summed E-state index contributed by atoms with van der Waals surface area (Å²) >= 11 is 11.8. The van der Waals surface area contributed by atoms with E-state index in [2.05, 4.69) is 5.32 Å². The normalized spacial score (nSPS) is 25.5. The minimum Gasteiger partial charge on any atom is -0.479 e. The van der Waals surface area contributed by atoms with Gasteiger partial charge in [-0.15, -0.1) is 0 Å². The number of hydrogen-bond donors (Lipinski definition) is 2. The molecule has 1 fully saturated rings. The molecule has 23 heavy (non-hydrogen) atoms. The number of hydrogen-bond acceptors (Lipinski definition) is 3.